The number of esters is 2. The molecule has 0 aromatic carbocycles. The van der Waals surface area contributed by atoms with Crippen molar-refractivity contribution in [2.24, 2.45) is 51.8 Å². The van der Waals surface area contributed by atoms with Gasteiger partial charge in [-0.25, -0.2) is 9.59 Å². The smallest absolute Gasteiger partial charge is 0.344 e. The molecule has 0 amide bonds. The average molecular weight is 727 g/mol. The lowest BCUT2D eigenvalue weighted by atomic mass is 9.47. The van der Waals surface area contributed by atoms with Gasteiger partial charge in [-0.1, -0.05) is 121 Å². The Balaban J connectivity index is 1.08. The van der Waals surface area contributed by atoms with Crippen LogP contribution in [0, 0.1) is 51.8 Å². The third-order valence-corrected chi connectivity index (χ3v) is 15.0. The van der Waals surface area contributed by atoms with Crippen molar-refractivity contribution in [3.63, 3.8) is 0 Å². The van der Waals surface area contributed by atoms with Crippen LogP contribution in [0.25, 0.3) is 0 Å². The summed E-state index contributed by atoms with van der Waals surface area (Å²) in [6, 6.07) is 0. The van der Waals surface area contributed by atoms with E-state index in [-0.39, 0.29) is 23.5 Å². The minimum atomic E-state index is -0.521. The maximum atomic E-state index is 12.8. The van der Waals surface area contributed by atoms with Crippen LogP contribution in [-0.4, -0.2) is 24.6 Å². The molecule has 0 radical (unpaired) electrons. The van der Waals surface area contributed by atoms with Crippen LogP contribution >= 0.6 is 0 Å². The highest BCUT2D eigenvalue weighted by Gasteiger charge is 2.59. The average Bonchev–Trinajstić information content (AvgIpc) is 3.44. The van der Waals surface area contributed by atoms with Gasteiger partial charge in [0.2, 0.25) is 0 Å². The van der Waals surface area contributed by atoms with Gasteiger partial charge in [0.25, 0.3) is 0 Å². The van der Waals surface area contributed by atoms with Crippen molar-refractivity contribution in [2.45, 2.75) is 165 Å². The molecule has 8 atom stereocenters. The molecular formula is C49H74O4. The third kappa shape index (κ3) is 9.80. The van der Waals surface area contributed by atoms with E-state index in [0.717, 1.165) is 65.9 Å². The van der Waals surface area contributed by atoms with Gasteiger partial charge in [-0.15, -0.1) is 0 Å². The summed E-state index contributed by atoms with van der Waals surface area (Å²) in [7, 11) is 0. The predicted molar refractivity (Wildman–Crippen MR) is 220 cm³/mol. The van der Waals surface area contributed by atoms with E-state index in [1.807, 2.05) is 25.2 Å². The molecule has 0 spiro atoms. The molecule has 4 unspecified atom stereocenters. The zero-order valence-electron chi connectivity index (χ0n) is 35.3. The lowest BCUT2D eigenvalue weighted by Crippen LogP contribution is -2.51. The molecule has 4 heteroatoms. The van der Waals surface area contributed by atoms with E-state index in [0.29, 0.717) is 5.41 Å². The van der Waals surface area contributed by atoms with Crippen molar-refractivity contribution >= 4 is 11.9 Å². The molecule has 294 valence electrons. The molecule has 53 heavy (non-hydrogen) atoms. The molecule has 0 aromatic rings. The van der Waals surface area contributed by atoms with Crippen LogP contribution in [0.5, 0.6) is 0 Å². The largest absolute Gasteiger partial charge is 0.460 e. The fourth-order valence-electron chi connectivity index (χ4n) is 12.0. The SMILES string of the molecule is CC(C=CC1=C(C)CCCC1(C)C)=CC=CC(C)=CC(=O)OCC(=O)OC1CC[C@@]2(C)C(=CCC3C2CC[C@@]2(C)C3CC[C@@H]2[C@H](C)CCCC(C)C)C1. The summed E-state index contributed by atoms with van der Waals surface area (Å²) in [5.74, 6) is 3.91. The lowest BCUT2D eigenvalue weighted by molar-refractivity contribution is -0.161. The second kappa shape index (κ2) is 17.5. The second-order valence-electron chi connectivity index (χ2n) is 19.7. The number of carbonyl (C=O) groups is 2. The Kier molecular flexibility index (Phi) is 13.7. The fourth-order valence-corrected chi connectivity index (χ4v) is 12.0. The van der Waals surface area contributed by atoms with Crippen LogP contribution in [0.3, 0.4) is 0 Å². The van der Waals surface area contributed by atoms with Gasteiger partial charge >= 0.3 is 11.9 Å². The van der Waals surface area contributed by atoms with Gasteiger partial charge in [-0.2, -0.15) is 0 Å². The van der Waals surface area contributed by atoms with Gasteiger partial charge in [0.1, 0.15) is 6.10 Å². The first-order valence-electron chi connectivity index (χ1n) is 21.5. The van der Waals surface area contributed by atoms with Crippen LogP contribution in [0.1, 0.15) is 159 Å². The molecule has 0 N–H and O–H groups in total. The molecule has 5 aliphatic rings. The quantitative estimate of drug-likeness (QED) is 0.0821. The number of allylic oxidation sites excluding steroid dienone is 10. The Bertz CT molecular complexity index is 1510. The van der Waals surface area contributed by atoms with E-state index in [1.165, 1.54) is 93.4 Å². The van der Waals surface area contributed by atoms with Crippen molar-refractivity contribution < 1.29 is 19.1 Å². The Morgan fingerprint density at radius 2 is 1.70 bits per heavy atom. The summed E-state index contributed by atoms with van der Waals surface area (Å²) in [6.07, 6.45) is 31.5. The van der Waals surface area contributed by atoms with Crippen LogP contribution in [0.15, 0.2) is 70.4 Å². The zero-order chi connectivity index (χ0) is 38.6. The molecule has 5 rings (SSSR count). The number of ether oxygens (including phenoxy) is 2. The third-order valence-electron chi connectivity index (χ3n) is 15.0. The van der Waals surface area contributed by atoms with Gasteiger partial charge in [0, 0.05) is 12.5 Å². The predicted octanol–water partition coefficient (Wildman–Crippen LogP) is 13.0. The summed E-state index contributed by atoms with van der Waals surface area (Å²) in [4.78, 5) is 25.4. The number of fused-ring (bicyclic) bond motifs is 5. The minimum Gasteiger partial charge on any atom is -0.460 e. The van der Waals surface area contributed by atoms with E-state index in [9.17, 15) is 9.59 Å². The molecule has 4 nitrogen and oxygen atoms in total. The summed E-state index contributed by atoms with van der Waals surface area (Å²) < 4.78 is 11.2. The van der Waals surface area contributed by atoms with Crippen molar-refractivity contribution in [3.8, 4) is 0 Å². The highest BCUT2D eigenvalue weighted by molar-refractivity contribution is 5.85. The monoisotopic (exact) mass is 727 g/mol. The Morgan fingerprint density at radius 1 is 0.925 bits per heavy atom. The standard InChI is InChI=1S/C49H74O4/c1-33(2)14-11-17-37(6)42-23-24-43-40-21-20-38-31-39(25-28-48(38,9)44(40)26-29-49(42,43)10)53-46(51)32-52-45(50)30-35(4)16-12-15-34(3)19-22-41-36(5)18-13-27-47(41,7)8/h12,15-16,19-20,22,30,33,37,39-40,42-44H,11,13-14,17-18,21,23-29,31-32H2,1-10H3/t37-,39?,40?,42-,43?,44?,48+,49-/m1/s1. The van der Waals surface area contributed by atoms with E-state index in [2.05, 4.69) is 80.5 Å². The van der Waals surface area contributed by atoms with Crippen LogP contribution in [0.2, 0.25) is 0 Å². The first-order valence-corrected chi connectivity index (χ1v) is 21.5. The lowest BCUT2D eigenvalue weighted by Gasteiger charge is -2.58. The van der Waals surface area contributed by atoms with Gasteiger partial charge in [0.05, 0.1) is 0 Å². The summed E-state index contributed by atoms with van der Waals surface area (Å²) in [6.45, 7) is 23.0. The molecular weight excluding hydrogens is 653 g/mol. The Morgan fingerprint density at radius 3 is 2.43 bits per heavy atom. The molecule has 0 saturated heterocycles. The van der Waals surface area contributed by atoms with Crippen molar-refractivity contribution in [1.29, 1.82) is 0 Å². The molecule has 0 bridgehead atoms. The van der Waals surface area contributed by atoms with Gasteiger partial charge in [-0.3, -0.25) is 0 Å². The maximum Gasteiger partial charge on any atom is 0.344 e. The number of hydrogen-bond donors (Lipinski definition) is 0. The fraction of sp³-hybridized carbons (Fsp3) is 0.714. The first-order chi connectivity index (χ1) is 25.0. The van der Waals surface area contributed by atoms with E-state index in [4.69, 9.17) is 9.47 Å². The minimum absolute atomic E-state index is 0.137. The van der Waals surface area contributed by atoms with Crippen molar-refractivity contribution in [3.05, 3.63) is 70.4 Å². The Hall–Kier alpha value is -2.62. The second-order valence-corrected chi connectivity index (χ2v) is 19.7. The number of hydrogen-bond acceptors (Lipinski definition) is 4. The van der Waals surface area contributed by atoms with E-state index >= 15 is 0 Å². The van der Waals surface area contributed by atoms with Crippen molar-refractivity contribution in [2.75, 3.05) is 6.61 Å². The molecule has 0 heterocycles. The molecule has 5 aliphatic carbocycles. The normalized spacial score (nSPS) is 33.8. The summed E-state index contributed by atoms with van der Waals surface area (Å²) >= 11 is 0. The highest BCUT2D eigenvalue weighted by atomic mass is 16.6. The zero-order valence-corrected chi connectivity index (χ0v) is 35.3. The Labute approximate surface area is 324 Å². The number of rotatable bonds is 13. The highest BCUT2D eigenvalue weighted by Crippen LogP contribution is 2.67. The van der Waals surface area contributed by atoms with Crippen LogP contribution < -0.4 is 0 Å². The van der Waals surface area contributed by atoms with Crippen LogP contribution in [-0.2, 0) is 19.1 Å². The maximum absolute atomic E-state index is 12.8. The summed E-state index contributed by atoms with van der Waals surface area (Å²) in [5, 5.41) is 0. The molecule has 0 aliphatic heterocycles. The molecule has 3 fully saturated rings. The molecule has 0 aromatic heterocycles. The van der Waals surface area contributed by atoms with Gasteiger partial charge in [-0.05, 0) is 148 Å². The first kappa shape index (κ1) is 41.5. The van der Waals surface area contributed by atoms with Crippen molar-refractivity contribution in [1.82, 2.24) is 0 Å². The summed E-state index contributed by atoms with van der Waals surface area (Å²) in [5.41, 5.74) is 7.29. The van der Waals surface area contributed by atoms with E-state index in [1.54, 1.807) is 0 Å². The van der Waals surface area contributed by atoms with Gasteiger partial charge < -0.3 is 9.47 Å². The molecule has 3 saturated carbocycles. The topological polar surface area (TPSA) is 52.6 Å². The van der Waals surface area contributed by atoms with Gasteiger partial charge in [0.15, 0.2) is 6.61 Å². The number of carbonyl (C=O) groups excluding carboxylic acids is 2. The van der Waals surface area contributed by atoms with E-state index < -0.39 is 11.9 Å². The van der Waals surface area contributed by atoms with Crippen LogP contribution in [0.4, 0.5) is 0 Å².